The lowest BCUT2D eigenvalue weighted by Crippen LogP contribution is -2.12. The summed E-state index contributed by atoms with van der Waals surface area (Å²) in [4.78, 5) is 12.4. The molecule has 0 amide bonds. The molecule has 2 rings (SSSR count). The molecule has 0 fully saturated rings. The Bertz CT molecular complexity index is 794. The smallest absolute Gasteiger partial charge is 0.416 e. The molecule has 6 heteroatoms. The Balaban J connectivity index is 2.08. The maximum absolute atomic E-state index is 12.6. The molecule has 0 saturated carbocycles. The highest BCUT2D eigenvalue weighted by atomic mass is 19.4. The first-order valence-electron chi connectivity index (χ1n) is 9.18. The van der Waals surface area contributed by atoms with E-state index in [1.807, 2.05) is 27.7 Å². The summed E-state index contributed by atoms with van der Waals surface area (Å²) in [6.07, 6.45) is -4.20. The van der Waals surface area contributed by atoms with Crippen LogP contribution in [-0.4, -0.2) is 18.0 Å². The fourth-order valence-corrected chi connectivity index (χ4v) is 2.69. The van der Waals surface area contributed by atoms with Gasteiger partial charge in [0.05, 0.1) is 17.8 Å². The summed E-state index contributed by atoms with van der Waals surface area (Å²) in [5.74, 6) is 1.10. The number of ether oxygens (including phenoxy) is 2. The lowest BCUT2D eigenvalue weighted by molar-refractivity contribution is -0.137. The number of carbonyl (C=O) groups is 1. The molecule has 0 unspecified atom stereocenters. The van der Waals surface area contributed by atoms with E-state index < -0.39 is 11.7 Å². The zero-order chi connectivity index (χ0) is 20.9. The lowest BCUT2D eigenvalue weighted by atomic mass is 10.0. The van der Waals surface area contributed by atoms with Gasteiger partial charge in [-0.1, -0.05) is 18.2 Å². The van der Waals surface area contributed by atoms with Crippen molar-refractivity contribution in [3.63, 3.8) is 0 Å². The molecule has 0 atom stereocenters. The minimum atomic E-state index is -4.38. The quantitative estimate of drug-likeness (QED) is 0.582. The van der Waals surface area contributed by atoms with E-state index in [-0.39, 0.29) is 30.8 Å². The van der Waals surface area contributed by atoms with Crippen LogP contribution in [0.3, 0.4) is 0 Å². The number of Topliss-reactive ketones (excluding diaryl/α,β-unsaturated/α-hetero) is 1. The van der Waals surface area contributed by atoms with Gasteiger partial charge in [-0.05, 0) is 63.1 Å². The van der Waals surface area contributed by atoms with Gasteiger partial charge in [0.2, 0.25) is 0 Å². The summed E-state index contributed by atoms with van der Waals surface area (Å²) >= 11 is 0. The zero-order valence-corrected chi connectivity index (χ0v) is 16.5. The van der Waals surface area contributed by atoms with Gasteiger partial charge in [0.25, 0.3) is 0 Å². The standard InChI is InChI=1S/C22H25F3O3/c1-14(2)27-20-10-7-17(13-21(20)28-15(3)4)12-19(26)11-16-5-8-18(9-6-16)22(23,24)25/h5-10,13-15H,11-12H2,1-4H3. The summed E-state index contributed by atoms with van der Waals surface area (Å²) in [7, 11) is 0. The maximum atomic E-state index is 12.6. The van der Waals surface area contributed by atoms with Crippen LogP contribution in [0.2, 0.25) is 0 Å². The highest BCUT2D eigenvalue weighted by molar-refractivity contribution is 5.83. The average molecular weight is 394 g/mol. The topological polar surface area (TPSA) is 35.5 Å². The molecule has 0 N–H and O–H groups in total. The predicted octanol–water partition coefficient (Wildman–Crippen LogP) is 5.63. The largest absolute Gasteiger partial charge is 0.487 e. The first kappa shape index (κ1) is 21.8. The number of hydrogen-bond acceptors (Lipinski definition) is 3. The van der Waals surface area contributed by atoms with Crippen LogP contribution >= 0.6 is 0 Å². The number of rotatable bonds is 8. The Hall–Kier alpha value is -2.50. The number of benzene rings is 2. The Kier molecular flexibility index (Phi) is 7.11. The molecular formula is C22H25F3O3. The van der Waals surface area contributed by atoms with E-state index in [1.165, 1.54) is 12.1 Å². The zero-order valence-electron chi connectivity index (χ0n) is 16.5. The highest BCUT2D eigenvalue weighted by Crippen LogP contribution is 2.31. The molecule has 28 heavy (non-hydrogen) atoms. The van der Waals surface area contributed by atoms with Crippen LogP contribution in [0.15, 0.2) is 42.5 Å². The van der Waals surface area contributed by atoms with Crippen molar-refractivity contribution >= 4 is 5.78 Å². The maximum Gasteiger partial charge on any atom is 0.416 e. The Morgan fingerprint density at radius 2 is 1.32 bits per heavy atom. The first-order valence-corrected chi connectivity index (χ1v) is 9.18. The van der Waals surface area contributed by atoms with Crippen molar-refractivity contribution in [2.24, 2.45) is 0 Å². The first-order chi connectivity index (χ1) is 13.0. The van der Waals surface area contributed by atoms with Gasteiger partial charge in [-0.15, -0.1) is 0 Å². The van der Waals surface area contributed by atoms with Crippen molar-refractivity contribution in [2.45, 2.75) is 58.9 Å². The van der Waals surface area contributed by atoms with Gasteiger partial charge in [0, 0.05) is 12.8 Å². The molecule has 0 aliphatic carbocycles. The Morgan fingerprint density at radius 3 is 1.86 bits per heavy atom. The van der Waals surface area contributed by atoms with Crippen LogP contribution in [-0.2, 0) is 23.8 Å². The lowest BCUT2D eigenvalue weighted by Gasteiger charge is -2.18. The monoisotopic (exact) mass is 394 g/mol. The molecule has 0 bridgehead atoms. The van der Waals surface area contributed by atoms with Crippen LogP contribution in [0.5, 0.6) is 11.5 Å². The number of alkyl halides is 3. The van der Waals surface area contributed by atoms with E-state index in [1.54, 1.807) is 18.2 Å². The molecule has 0 aliphatic rings. The minimum Gasteiger partial charge on any atom is -0.487 e. The van der Waals surface area contributed by atoms with E-state index in [4.69, 9.17) is 9.47 Å². The van der Waals surface area contributed by atoms with E-state index in [9.17, 15) is 18.0 Å². The number of ketones is 1. The molecule has 2 aromatic carbocycles. The Morgan fingerprint density at radius 1 is 0.821 bits per heavy atom. The van der Waals surface area contributed by atoms with Gasteiger partial charge < -0.3 is 9.47 Å². The van der Waals surface area contributed by atoms with E-state index >= 15 is 0 Å². The van der Waals surface area contributed by atoms with Crippen molar-refractivity contribution in [2.75, 3.05) is 0 Å². The summed E-state index contributed by atoms with van der Waals surface area (Å²) in [5.41, 5.74) is 0.597. The molecule has 2 aromatic rings. The third-order valence-corrected chi connectivity index (χ3v) is 3.82. The summed E-state index contributed by atoms with van der Waals surface area (Å²) < 4.78 is 49.4. The van der Waals surface area contributed by atoms with Crippen molar-refractivity contribution in [1.82, 2.24) is 0 Å². The normalized spacial score (nSPS) is 11.8. The third-order valence-electron chi connectivity index (χ3n) is 3.82. The van der Waals surface area contributed by atoms with Crippen molar-refractivity contribution in [3.8, 4) is 11.5 Å². The van der Waals surface area contributed by atoms with Crippen LogP contribution in [0.1, 0.15) is 44.4 Å². The average Bonchev–Trinajstić information content (AvgIpc) is 2.56. The van der Waals surface area contributed by atoms with Crippen molar-refractivity contribution in [1.29, 1.82) is 0 Å². The molecule has 0 saturated heterocycles. The molecule has 0 heterocycles. The van der Waals surface area contributed by atoms with Crippen molar-refractivity contribution < 1.29 is 27.4 Å². The summed E-state index contributed by atoms with van der Waals surface area (Å²) in [6.45, 7) is 7.64. The van der Waals surface area contributed by atoms with E-state index in [2.05, 4.69) is 0 Å². The highest BCUT2D eigenvalue weighted by Gasteiger charge is 2.29. The van der Waals surface area contributed by atoms with Gasteiger partial charge in [-0.25, -0.2) is 0 Å². The molecule has 3 nitrogen and oxygen atoms in total. The van der Waals surface area contributed by atoms with Gasteiger partial charge in [0.1, 0.15) is 5.78 Å². The summed E-state index contributed by atoms with van der Waals surface area (Å²) in [5, 5.41) is 0. The second-order valence-corrected chi connectivity index (χ2v) is 7.20. The van der Waals surface area contributed by atoms with Gasteiger partial charge in [0.15, 0.2) is 11.5 Å². The predicted molar refractivity (Wildman–Crippen MR) is 102 cm³/mol. The SMILES string of the molecule is CC(C)Oc1ccc(CC(=O)Cc2ccc(C(F)(F)F)cc2)cc1OC(C)C. The molecule has 0 aliphatic heterocycles. The second-order valence-electron chi connectivity index (χ2n) is 7.20. The summed E-state index contributed by atoms with van der Waals surface area (Å²) in [6, 6.07) is 10.0. The van der Waals surface area contributed by atoms with Crippen LogP contribution in [0.4, 0.5) is 13.2 Å². The second kappa shape index (κ2) is 9.13. The number of carbonyl (C=O) groups excluding carboxylic acids is 1. The van der Waals surface area contributed by atoms with Gasteiger partial charge in [-0.3, -0.25) is 4.79 Å². The van der Waals surface area contributed by atoms with E-state index in [0.717, 1.165) is 17.7 Å². The minimum absolute atomic E-state index is 0.0123. The van der Waals surface area contributed by atoms with E-state index in [0.29, 0.717) is 17.1 Å². The fraction of sp³-hybridized carbons (Fsp3) is 0.409. The Labute approximate surface area is 163 Å². The molecule has 0 aromatic heterocycles. The third kappa shape index (κ3) is 6.59. The van der Waals surface area contributed by atoms with Gasteiger partial charge in [-0.2, -0.15) is 13.2 Å². The number of hydrogen-bond donors (Lipinski definition) is 0. The fourth-order valence-electron chi connectivity index (χ4n) is 2.69. The molecule has 152 valence electrons. The van der Waals surface area contributed by atoms with Crippen molar-refractivity contribution in [3.05, 3.63) is 59.2 Å². The number of halogens is 3. The van der Waals surface area contributed by atoms with Crippen LogP contribution in [0.25, 0.3) is 0 Å². The molecule has 0 spiro atoms. The van der Waals surface area contributed by atoms with Gasteiger partial charge >= 0.3 is 6.18 Å². The molecular weight excluding hydrogens is 369 g/mol. The van der Waals surface area contributed by atoms with Crippen LogP contribution in [0, 0.1) is 0 Å². The van der Waals surface area contributed by atoms with Crippen LogP contribution < -0.4 is 9.47 Å². The molecule has 0 radical (unpaired) electrons.